The predicted molar refractivity (Wildman–Crippen MR) is 52.9 cm³/mol. The molecule has 0 rings (SSSR count). The van der Waals surface area contributed by atoms with Gasteiger partial charge in [-0.2, -0.15) is 0 Å². The minimum absolute atomic E-state index is 0.0532. The number of ether oxygens (including phenoxy) is 2. The second-order valence-electron chi connectivity index (χ2n) is 2.65. The van der Waals surface area contributed by atoms with E-state index in [-0.39, 0.29) is 19.6 Å². The Labute approximate surface area is 88.0 Å². The van der Waals surface area contributed by atoms with Gasteiger partial charge in [0.05, 0.1) is 12.7 Å². The monoisotopic (exact) mass is 214 g/mol. The van der Waals surface area contributed by atoms with Crippen molar-refractivity contribution in [2.24, 2.45) is 0 Å². The molecule has 0 amide bonds. The fraction of sp³-hybridized carbons (Fsp3) is 0.400. The molecule has 0 aliphatic rings. The zero-order valence-electron chi connectivity index (χ0n) is 8.35. The standard InChI is InChI=1S/C10H14O5/c1-3-9(12)14-6-5-8(11)7-15-10(13)4-2/h3-4,8,11H,1-2,5-7H2. The fourth-order valence-electron chi connectivity index (χ4n) is 0.675. The van der Waals surface area contributed by atoms with Crippen molar-refractivity contribution in [3.8, 4) is 0 Å². The normalized spacial score (nSPS) is 11.3. The van der Waals surface area contributed by atoms with E-state index in [9.17, 15) is 14.7 Å². The van der Waals surface area contributed by atoms with Gasteiger partial charge in [-0.3, -0.25) is 0 Å². The molecule has 5 heteroatoms. The Morgan fingerprint density at radius 1 is 1.20 bits per heavy atom. The Morgan fingerprint density at radius 2 is 1.73 bits per heavy atom. The highest BCUT2D eigenvalue weighted by atomic mass is 16.5. The molecular formula is C10H14O5. The van der Waals surface area contributed by atoms with Gasteiger partial charge < -0.3 is 14.6 Å². The van der Waals surface area contributed by atoms with Crippen molar-refractivity contribution in [2.75, 3.05) is 13.2 Å². The molecule has 0 aromatic heterocycles. The van der Waals surface area contributed by atoms with Gasteiger partial charge in [0.25, 0.3) is 0 Å². The van der Waals surface area contributed by atoms with Crippen molar-refractivity contribution in [3.63, 3.8) is 0 Å². The first kappa shape index (κ1) is 13.4. The lowest BCUT2D eigenvalue weighted by Gasteiger charge is -2.09. The minimum Gasteiger partial charge on any atom is -0.462 e. The SMILES string of the molecule is C=CC(=O)OCCC(O)COC(=O)C=C. The average molecular weight is 214 g/mol. The lowest BCUT2D eigenvalue weighted by Crippen LogP contribution is -2.20. The third kappa shape index (κ3) is 7.45. The van der Waals surface area contributed by atoms with Crippen molar-refractivity contribution >= 4 is 11.9 Å². The van der Waals surface area contributed by atoms with E-state index in [0.717, 1.165) is 12.2 Å². The molecule has 0 fully saturated rings. The smallest absolute Gasteiger partial charge is 0.330 e. The topological polar surface area (TPSA) is 72.8 Å². The van der Waals surface area contributed by atoms with Crippen LogP contribution in [0.4, 0.5) is 0 Å². The van der Waals surface area contributed by atoms with E-state index in [4.69, 9.17) is 0 Å². The molecule has 0 saturated heterocycles. The molecule has 0 saturated carbocycles. The summed E-state index contributed by atoms with van der Waals surface area (Å²) in [6, 6.07) is 0. The highest BCUT2D eigenvalue weighted by Crippen LogP contribution is 1.95. The van der Waals surface area contributed by atoms with Gasteiger partial charge in [-0.25, -0.2) is 9.59 Å². The molecule has 0 radical (unpaired) electrons. The van der Waals surface area contributed by atoms with E-state index in [1.54, 1.807) is 0 Å². The van der Waals surface area contributed by atoms with Crippen LogP contribution in [0.3, 0.4) is 0 Å². The highest BCUT2D eigenvalue weighted by molar-refractivity contribution is 5.81. The van der Waals surface area contributed by atoms with Gasteiger partial charge in [-0.1, -0.05) is 13.2 Å². The molecule has 0 heterocycles. The summed E-state index contributed by atoms with van der Waals surface area (Å²) in [7, 11) is 0. The van der Waals surface area contributed by atoms with Crippen molar-refractivity contribution < 1.29 is 24.2 Å². The molecule has 15 heavy (non-hydrogen) atoms. The Balaban J connectivity index is 3.52. The number of esters is 2. The van der Waals surface area contributed by atoms with Crippen LogP contribution in [0.5, 0.6) is 0 Å². The summed E-state index contributed by atoms with van der Waals surface area (Å²) in [6.45, 7) is 6.32. The zero-order valence-corrected chi connectivity index (χ0v) is 8.35. The Hall–Kier alpha value is -1.62. The van der Waals surface area contributed by atoms with Crippen LogP contribution in [-0.2, 0) is 19.1 Å². The molecule has 5 nitrogen and oxygen atoms in total. The van der Waals surface area contributed by atoms with Gasteiger partial charge in [0.15, 0.2) is 0 Å². The number of carbonyl (C=O) groups excluding carboxylic acids is 2. The molecule has 1 atom stereocenters. The van der Waals surface area contributed by atoms with E-state index in [1.807, 2.05) is 0 Å². The Kier molecular flexibility index (Phi) is 6.92. The van der Waals surface area contributed by atoms with Gasteiger partial charge in [0, 0.05) is 18.6 Å². The largest absolute Gasteiger partial charge is 0.462 e. The molecule has 0 aromatic carbocycles. The second kappa shape index (κ2) is 7.75. The number of hydrogen-bond donors (Lipinski definition) is 1. The van der Waals surface area contributed by atoms with Crippen molar-refractivity contribution in [2.45, 2.75) is 12.5 Å². The van der Waals surface area contributed by atoms with Crippen molar-refractivity contribution in [1.82, 2.24) is 0 Å². The van der Waals surface area contributed by atoms with Crippen LogP contribution >= 0.6 is 0 Å². The molecule has 0 aliphatic heterocycles. The maximum atomic E-state index is 10.6. The molecule has 0 aromatic rings. The lowest BCUT2D eigenvalue weighted by molar-refractivity contribution is -0.143. The summed E-state index contributed by atoms with van der Waals surface area (Å²) in [6.07, 6.45) is 1.38. The van der Waals surface area contributed by atoms with Crippen molar-refractivity contribution in [3.05, 3.63) is 25.3 Å². The Morgan fingerprint density at radius 3 is 2.27 bits per heavy atom. The molecule has 0 aliphatic carbocycles. The first-order valence-electron chi connectivity index (χ1n) is 4.36. The fourth-order valence-corrected chi connectivity index (χ4v) is 0.675. The average Bonchev–Trinajstić information content (AvgIpc) is 2.25. The van der Waals surface area contributed by atoms with Gasteiger partial charge in [0.2, 0.25) is 0 Å². The summed E-state index contributed by atoms with van der Waals surface area (Å²) < 4.78 is 9.19. The number of aliphatic hydroxyl groups excluding tert-OH is 1. The molecule has 0 spiro atoms. The molecule has 1 unspecified atom stereocenters. The van der Waals surface area contributed by atoms with Gasteiger partial charge in [-0.05, 0) is 0 Å². The third-order valence-corrected chi connectivity index (χ3v) is 1.45. The second-order valence-corrected chi connectivity index (χ2v) is 2.65. The first-order valence-corrected chi connectivity index (χ1v) is 4.36. The molecule has 84 valence electrons. The number of hydrogen-bond acceptors (Lipinski definition) is 5. The molecular weight excluding hydrogens is 200 g/mol. The summed E-state index contributed by atoms with van der Waals surface area (Å²) in [4.78, 5) is 21.2. The van der Waals surface area contributed by atoms with Crippen LogP contribution in [0.1, 0.15) is 6.42 Å². The van der Waals surface area contributed by atoms with E-state index >= 15 is 0 Å². The molecule has 0 bridgehead atoms. The van der Waals surface area contributed by atoms with Crippen LogP contribution < -0.4 is 0 Å². The van der Waals surface area contributed by atoms with E-state index in [2.05, 4.69) is 22.6 Å². The maximum absolute atomic E-state index is 10.6. The number of aliphatic hydroxyl groups is 1. The highest BCUT2D eigenvalue weighted by Gasteiger charge is 2.07. The quantitative estimate of drug-likeness (QED) is 0.484. The summed E-state index contributed by atoms with van der Waals surface area (Å²) >= 11 is 0. The predicted octanol–water partition coefficient (Wildman–Crippen LogP) is 0.196. The van der Waals surface area contributed by atoms with Crippen LogP contribution in [0.15, 0.2) is 25.3 Å². The van der Waals surface area contributed by atoms with Gasteiger partial charge >= 0.3 is 11.9 Å². The Bertz CT molecular complexity index is 246. The van der Waals surface area contributed by atoms with Gasteiger partial charge in [-0.15, -0.1) is 0 Å². The van der Waals surface area contributed by atoms with Crippen molar-refractivity contribution in [1.29, 1.82) is 0 Å². The summed E-state index contributed by atoms with van der Waals surface area (Å²) in [5, 5.41) is 9.25. The zero-order chi connectivity index (χ0) is 11.7. The number of rotatable bonds is 7. The maximum Gasteiger partial charge on any atom is 0.330 e. The van der Waals surface area contributed by atoms with E-state index in [1.165, 1.54) is 0 Å². The lowest BCUT2D eigenvalue weighted by atomic mass is 10.3. The van der Waals surface area contributed by atoms with Crippen LogP contribution in [-0.4, -0.2) is 36.4 Å². The summed E-state index contributed by atoms with van der Waals surface area (Å²) in [5.74, 6) is -1.15. The van der Waals surface area contributed by atoms with Crippen LogP contribution in [0.25, 0.3) is 0 Å². The minimum atomic E-state index is -0.855. The van der Waals surface area contributed by atoms with Crippen LogP contribution in [0.2, 0.25) is 0 Å². The van der Waals surface area contributed by atoms with Gasteiger partial charge in [0.1, 0.15) is 6.61 Å². The van der Waals surface area contributed by atoms with E-state index in [0.29, 0.717) is 0 Å². The number of carbonyl (C=O) groups is 2. The third-order valence-electron chi connectivity index (χ3n) is 1.45. The first-order chi connectivity index (χ1) is 7.10. The van der Waals surface area contributed by atoms with E-state index < -0.39 is 18.0 Å². The van der Waals surface area contributed by atoms with Crippen LogP contribution in [0, 0.1) is 0 Å². The summed E-state index contributed by atoms with van der Waals surface area (Å²) in [5.41, 5.74) is 0. The molecule has 1 N–H and O–H groups in total.